The lowest BCUT2D eigenvalue weighted by molar-refractivity contribution is 0.341. The van der Waals surface area contributed by atoms with Gasteiger partial charge in [0.05, 0.1) is 6.61 Å². The molecule has 3 heteroatoms. The largest absolute Gasteiger partial charge is 0.492 e. The highest BCUT2D eigenvalue weighted by Gasteiger charge is 2.01. The van der Waals surface area contributed by atoms with Crippen LogP contribution in [0.4, 0.5) is 5.69 Å². The van der Waals surface area contributed by atoms with Crippen LogP contribution in [0.5, 0.6) is 5.75 Å². The lowest BCUT2D eigenvalue weighted by Gasteiger charge is -2.05. The minimum atomic E-state index is 0.539. The summed E-state index contributed by atoms with van der Waals surface area (Å²) in [6, 6.07) is 5.50. The Labute approximate surface area is 77.1 Å². The van der Waals surface area contributed by atoms with Crippen LogP contribution in [0.15, 0.2) is 23.2 Å². The van der Waals surface area contributed by atoms with E-state index in [9.17, 15) is 4.79 Å². The summed E-state index contributed by atoms with van der Waals surface area (Å²) in [5.41, 5.74) is 1.58. The van der Waals surface area contributed by atoms with Crippen LogP contribution < -0.4 is 4.74 Å². The standard InChI is InChI=1S/C10H11NO2/c1-3-13-10-5-4-8(2)6-9(10)11-7-12/h4-6H,3H2,1-2H3. The molecule has 0 N–H and O–H groups in total. The van der Waals surface area contributed by atoms with E-state index in [4.69, 9.17) is 4.74 Å². The first-order valence-electron chi connectivity index (χ1n) is 4.09. The molecule has 0 aliphatic rings. The van der Waals surface area contributed by atoms with Crippen LogP contribution in [0, 0.1) is 6.92 Å². The minimum Gasteiger partial charge on any atom is -0.492 e. The second-order valence-corrected chi connectivity index (χ2v) is 2.61. The zero-order chi connectivity index (χ0) is 9.68. The molecule has 0 bridgehead atoms. The van der Waals surface area contributed by atoms with Crippen molar-refractivity contribution in [3.05, 3.63) is 23.8 Å². The van der Waals surface area contributed by atoms with Gasteiger partial charge in [-0.3, -0.25) is 0 Å². The van der Waals surface area contributed by atoms with Gasteiger partial charge in [-0.15, -0.1) is 0 Å². The molecule has 0 aromatic heterocycles. The van der Waals surface area contributed by atoms with Crippen molar-refractivity contribution < 1.29 is 9.53 Å². The second-order valence-electron chi connectivity index (χ2n) is 2.61. The number of nitrogens with zero attached hydrogens (tertiary/aromatic N) is 1. The Hall–Kier alpha value is -1.60. The molecule has 1 aromatic rings. The Morgan fingerprint density at radius 2 is 2.31 bits per heavy atom. The third-order valence-corrected chi connectivity index (χ3v) is 1.58. The van der Waals surface area contributed by atoms with Gasteiger partial charge in [-0.1, -0.05) is 6.07 Å². The highest BCUT2D eigenvalue weighted by Crippen LogP contribution is 2.27. The number of hydrogen-bond donors (Lipinski definition) is 0. The van der Waals surface area contributed by atoms with E-state index in [1.807, 2.05) is 19.9 Å². The Kier molecular flexibility index (Phi) is 3.23. The van der Waals surface area contributed by atoms with Gasteiger partial charge in [0.1, 0.15) is 11.4 Å². The summed E-state index contributed by atoms with van der Waals surface area (Å²) in [5, 5.41) is 0. The summed E-state index contributed by atoms with van der Waals surface area (Å²) in [4.78, 5) is 13.7. The van der Waals surface area contributed by atoms with Crippen LogP contribution >= 0.6 is 0 Å². The number of isocyanates is 1. The van der Waals surface area contributed by atoms with Gasteiger partial charge in [0, 0.05) is 0 Å². The molecule has 1 rings (SSSR count). The maximum atomic E-state index is 10.1. The number of aliphatic imine (C=N–C) groups is 1. The maximum Gasteiger partial charge on any atom is 0.240 e. The molecule has 68 valence electrons. The highest BCUT2D eigenvalue weighted by atomic mass is 16.5. The van der Waals surface area contributed by atoms with Gasteiger partial charge in [0.15, 0.2) is 0 Å². The first-order chi connectivity index (χ1) is 6.27. The third kappa shape index (κ3) is 2.42. The fourth-order valence-electron chi connectivity index (χ4n) is 1.04. The lowest BCUT2D eigenvalue weighted by atomic mass is 10.2. The molecule has 0 atom stereocenters. The van der Waals surface area contributed by atoms with E-state index in [0.717, 1.165) is 5.56 Å². The van der Waals surface area contributed by atoms with Crippen LogP contribution in [0.1, 0.15) is 12.5 Å². The van der Waals surface area contributed by atoms with E-state index in [0.29, 0.717) is 18.0 Å². The monoisotopic (exact) mass is 177 g/mol. The Balaban J connectivity index is 3.10. The van der Waals surface area contributed by atoms with E-state index >= 15 is 0 Å². The molecule has 0 unspecified atom stereocenters. The minimum absolute atomic E-state index is 0.539. The van der Waals surface area contributed by atoms with Crippen molar-refractivity contribution in [1.82, 2.24) is 0 Å². The average Bonchev–Trinajstić information content (AvgIpc) is 2.10. The van der Waals surface area contributed by atoms with Gasteiger partial charge in [-0.05, 0) is 31.5 Å². The fraction of sp³-hybridized carbons (Fsp3) is 0.300. The van der Waals surface area contributed by atoms with E-state index < -0.39 is 0 Å². The fourth-order valence-corrected chi connectivity index (χ4v) is 1.04. The molecule has 0 fully saturated rings. The normalized spacial score (nSPS) is 9.08. The van der Waals surface area contributed by atoms with Crippen molar-refractivity contribution in [2.24, 2.45) is 4.99 Å². The van der Waals surface area contributed by atoms with Crippen molar-refractivity contribution in [3.63, 3.8) is 0 Å². The van der Waals surface area contributed by atoms with Crippen molar-refractivity contribution in [2.45, 2.75) is 13.8 Å². The number of benzene rings is 1. The van der Waals surface area contributed by atoms with Gasteiger partial charge >= 0.3 is 0 Å². The quantitative estimate of drug-likeness (QED) is 0.525. The van der Waals surface area contributed by atoms with Crippen LogP contribution in [-0.4, -0.2) is 12.7 Å². The molecule has 0 saturated carbocycles. The molecule has 0 radical (unpaired) electrons. The molecule has 3 nitrogen and oxygen atoms in total. The molecule has 1 aromatic carbocycles. The molecular weight excluding hydrogens is 166 g/mol. The molecule has 0 heterocycles. The zero-order valence-corrected chi connectivity index (χ0v) is 7.70. The number of rotatable bonds is 3. The zero-order valence-electron chi connectivity index (χ0n) is 7.70. The predicted molar refractivity (Wildman–Crippen MR) is 50.1 cm³/mol. The first kappa shape index (κ1) is 9.49. The lowest BCUT2D eigenvalue weighted by Crippen LogP contribution is -1.91. The van der Waals surface area contributed by atoms with E-state index in [2.05, 4.69) is 4.99 Å². The molecule has 0 saturated heterocycles. The van der Waals surface area contributed by atoms with Crippen molar-refractivity contribution in [2.75, 3.05) is 6.61 Å². The Morgan fingerprint density at radius 1 is 1.54 bits per heavy atom. The van der Waals surface area contributed by atoms with Gasteiger partial charge < -0.3 is 4.74 Å². The molecule has 13 heavy (non-hydrogen) atoms. The van der Waals surface area contributed by atoms with Crippen molar-refractivity contribution in [1.29, 1.82) is 0 Å². The SMILES string of the molecule is CCOc1ccc(C)cc1N=C=O. The van der Waals surface area contributed by atoms with Crippen LogP contribution in [0.2, 0.25) is 0 Å². The van der Waals surface area contributed by atoms with Crippen LogP contribution in [-0.2, 0) is 4.79 Å². The Morgan fingerprint density at radius 3 is 2.92 bits per heavy atom. The van der Waals surface area contributed by atoms with Crippen LogP contribution in [0.25, 0.3) is 0 Å². The van der Waals surface area contributed by atoms with Gasteiger partial charge in [-0.25, -0.2) is 4.79 Å². The predicted octanol–water partition coefficient (Wildman–Crippen LogP) is 2.36. The summed E-state index contributed by atoms with van der Waals surface area (Å²) in [5.74, 6) is 0.622. The number of aryl methyl sites for hydroxylation is 1. The van der Waals surface area contributed by atoms with E-state index in [-0.39, 0.29) is 0 Å². The van der Waals surface area contributed by atoms with E-state index in [1.165, 1.54) is 6.08 Å². The number of carbonyl (C=O) groups excluding carboxylic acids is 1. The van der Waals surface area contributed by atoms with Gasteiger partial charge in [0.25, 0.3) is 0 Å². The average molecular weight is 177 g/mol. The first-order valence-corrected chi connectivity index (χ1v) is 4.09. The number of hydrogen-bond acceptors (Lipinski definition) is 3. The second kappa shape index (κ2) is 4.43. The summed E-state index contributed by atoms with van der Waals surface area (Å²) < 4.78 is 5.27. The van der Waals surface area contributed by atoms with Gasteiger partial charge in [0.2, 0.25) is 6.08 Å². The summed E-state index contributed by atoms with van der Waals surface area (Å²) in [7, 11) is 0. The molecular formula is C10H11NO2. The molecule has 0 amide bonds. The molecule has 0 aliphatic heterocycles. The molecule has 0 spiro atoms. The maximum absolute atomic E-state index is 10.1. The number of ether oxygens (including phenoxy) is 1. The highest BCUT2D eigenvalue weighted by molar-refractivity contribution is 5.58. The van der Waals surface area contributed by atoms with Crippen LogP contribution in [0.3, 0.4) is 0 Å². The third-order valence-electron chi connectivity index (χ3n) is 1.58. The summed E-state index contributed by atoms with van der Waals surface area (Å²) >= 11 is 0. The van der Waals surface area contributed by atoms with Gasteiger partial charge in [-0.2, -0.15) is 4.99 Å². The summed E-state index contributed by atoms with van der Waals surface area (Å²) in [6.07, 6.45) is 1.51. The topological polar surface area (TPSA) is 38.7 Å². The summed E-state index contributed by atoms with van der Waals surface area (Å²) in [6.45, 7) is 4.37. The van der Waals surface area contributed by atoms with Crippen molar-refractivity contribution >= 4 is 11.8 Å². The molecule has 0 aliphatic carbocycles. The Bertz CT molecular complexity index is 341. The van der Waals surface area contributed by atoms with Crippen molar-refractivity contribution in [3.8, 4) is 5.75 Å². The van der Waals surface area contributed by atoms with E-state index in [1.54, 1.807) is 12.1 Å². The smallest absolute Gasteiger partial charge is 0.240 e.